The molecule has 0 aromatic heterocycles. The molecule has 0 heterocycles. The molecule has 2 aromatic rings. The zero-order valence-corrected chi connectivity index (χ0v) is 9.01. The lowest BCUT2D eigenvalue weighted by molar-refractivity contribution is 0.614. The standard InChI is InChI=1S/C14H13BO/c16-15-11-14(12-7-3-1-4-8-12)13-9-5-2-6-10-13/h1-11,15-16H. The Kier molecular flexibility index (Phi) is 3.57. The Balaban J connectivity index is 2.44. The summed E-state index contributed by atoms with van der Waals surface area (Å²) in [4.78, 5) is 0. The van der Waals surface area contributed by atoms with E-state index in [1.807, 2.05) is 42.4 Å². The van der Waals surface area contributed by atoms with Gasteiger partial charge in [-0.25, -0.2) is 0 Å². The molecule has 78 valence electrons. The summed E-state index contributed by atoms with van der Waals surface area (Å²) < 4.78 is 0. The van der Waals surface area contributed by atoms with Crippen LogP contribution >= 0.6 is 0 Å². The van der Waals surface area contributed by atoms with E-state index in [1.165, 1.54) is 0 Å². The Morgan fingerprint density at radius 1 is 0.812 bits per heavy atom. The van der Waals surface area contributed by atoms with Gasteiger partial charge in [0.1, 0.15) is 0 Å². The number of hydrogen-bond donors (Lipinski definition) is 1. The van der Waals surface area contributed by atoms with Gasteiger partial charge in [0.15, 0.2) is 0 Å². The van der Waals surface area contributed by atoms with Crippen molar-refractivity contribution in [1.29, 1.82) is 0 Å². The third kappa shape index (κ3) is 2.41. The molecule has 0 atom stereocenters. The lowest BCUT2D eigenvalue weighted by atomic mass is 9.89. The minimum atomic E-state index is 0.0547. The van der Waals surface area contributed by atoms with E-state index in [2.05, 4.69) is 24.3 Å². The van der Waals surface area contributed by atoms with Gasteiger partial charge in [-0.2, -0.15) is 0 Å². The smallest absolute Gasteiger partial charge is 0.297 e. The van der Waals surface area contributed by atoms with Crippen LogP contribution in [0.25, 0.3) is 5.57 Å². The van der Waals surface area contributed by atoms with Gasteiger partial charge >= 0.3 is 0 Å². The second-order valence-electron chi connectivity index (χ2n) is 3.53. The molecule has 0 bridgehead atoms. The Bertz CT molecular complexity index is 421. The molecule has 0 spiro atoms. The first-order valence-electron chi connectivity index (χ1n) is 5.33. The number of benzene rings is 2. The van der Waals surface area contributed by atoms with Crippen LogP contribution in [0.2, 0.25) is 0 Å². The van der Waals surface area contributed by atoms with Crippen molar-refractivity contribution in [1.82, 2.24) is 0 Å². The molecule has 2 aromatic carbocycles. The van der Waals surface area contributed by atoms with E-state index in [1.54, 1.807) is 0 Å². The molecule has 0 saturated heterocycles. The van der Waals surface area contributed by atoms with Gasteiger partial charge in [0.25, 0.3) is 7.48 Å². The van der Waals surface area contributed by atoms with E-state index in [0.29, 0.717) is 0 Å². The fourth-order valence-electron chi connectivity index (χ4n) is 1.73. The predicted octanol–water partition coefficient (Wildman–Crippen LogP) is 2.42. The molecule has 1 N–H and O–H groups in total. The Morgan fingerprint density at radius 2 is 1.25 bits per heavy atom. The van der Waals surface area contributed by atoms with Crippen LogP contribution in [0.15, 0.2) is 66.6 Å². The quantitative estimate of drug-likeness (QED) is 0.768. The first-order valence-corrected chi connectivity index (χ1v) is 5.33. The van der Waals surface area contributed by atoms with E-state index < -0.39 is 0 Å². The van der Waals surface area contributed by atoms with Crippen LogP contribution in [-0.2, 0) is 0 Å². The Morgan fingerprint density at radius 3 is 1.62 bits per heavy atom. The van der Waals surface area contributed by atoms with Gasteiger partial charge < -0.3 is 5.02 Å². The van der Waals surface area contributed by atoms with Gasteiger partial charge in [-0.3, -0.25) is 0 Å². The molecule has 0 fully saturated rings. The Labute approximate surface area is 96.3 Å². The lowest BCUT2D eigenvalue weighted by Crippen LogP contribution is -1.91. The Hall–Kier alpha value is -1.80. The number of rotatable bonds is 3. The van der Waals surface area contributed by atoms with Crippen LogP contribution in [-0.4, -0.2) is 12.5 Å². The zero-order chi connectivity index (χ0) is 11.2. The van der Waals surface area contributed by atoms with E-state index in [9.17, 15) is 0 Å². The normalized spacial score (nSPS) is 9.56. The van der Waals surface area contributed by atoms with Gasteiger partial charge in [0.2, 0.25) is 0 Å². The van der Waals surface area contributed by atoms with Crippen LogP contribution in [0.4, 0.5) is 0 Å². The lowest BCUT2D eigenvalue weighted by Gasteiger charge is -2.07. The highest BCUT2D eigenvalue weighted by molar-refractivity contribution is 6.35. The molecule has 2 rings (SSSR count). The van der Waals surface area contributed by atoms with Crippen molar-refractivity contribution in [2.24, 2.45) is 0 Å². The SMILES string of the molecule is OBC=C(c1ccccc1)c1ccccc1. The maximum atomic E-state index is 9.08. The van der Waals surface area contributed by atoms with E-state index in [-0.39, 0.29) is 7.48 Å². The van der Waals surface area contributed by atoms with E-state index in [4.69, 9.17) is 5.02 Å². The third-order valence-electron chi connectivity index (χ3n) is 2.46. The maximum Gasteiger partial charge on any atom is 0.297 e. The second-order valence-corrected chi connectivity index (χ2v) is 3.53. The summed E-state index contributed by atoms with van der Waals surface area (Å²) in [5.41, 5.74) is 3.33. The summed E-state index contributed by atoms with van der Waals surface area (Å²) in [6.07, 6.45) is 0. The van der Waals surface area contributed by atoms with Crippen molar-refractivity contribution >= 4 is 13.1 Å². The monoisotopic (exact) mass is 208 g/mol. The fraction of sp³-hybridized carbons (Fsp3) is 0. The largest absolute Gasteiger partial charge is 0.450 e. The van der Waals surface area contributed by atoms with Crippen molar-refractivity contribution in [3.63, 3.8) is 0 Å². The van der Waals surface area contributed by atoms with Gasteiger partial charge in [0, 0.05) is 0 Å². The van der Waals surface area contributed by atoms with Crippen molar-refractivity contribution in [2.75, 3.05) is 0 Å². The molecule has 0 aliphatic heterocycles. The number of hydrogen-bond acceptors (Lipinski definition) is 1. The van der Waals surface area contributed by atoms with Gasteiger partial charge in [-0.1, -0.05) is 66.6 Å². The van der Waals surface area contributed by atoms with Gasteiger partial charge in [-0.15, -0.1) is 0 Å². The highest BCUT2D eigenvalue weighted by Gasteiger charge is 2.02. The van der Waals surface area contributed by atoms with Crippen molar-refractivity contribution in [3.05, 3.63) is 77.8 Å². The van der Waals surface area contributed by atoms with Crippen LogP contribution in [0.1, 0.15) is 11.1 Å². The molecule has 0 saturated carbocycles. The van der Waals surface area contributed by atoms with Crippen molar-refractivity contribution < 1.29 is 5.02 Å². The third-order valence-corrected chi connectivity index (χ3v) is 2.46. The molecular weight excluding hydrogens is 195 g/mol. The summed E-state index contributed by atoms with van der Waals surface area (Å²) in [7, 11) is 0.0547. The second kappa shape index (κ2) is 5.33. The molecule has 16 heavy (non-hydrogen) atoms. The van der Waals surface area contributed by atoms with Crippen LogP contribution in [0, 0.1) is 0 Å². The van der Waals surface area contributed by atoms with Crippen molar-refractivity contribution in [2.45, 2.75) is 0 Å². The topological polar surface area (TPSA) is 20.2 Å². The van der Waals surface area contributed by atoms with Gasteiger partial charge in [-0.05, 0) is 16.7 Å². The summed E-state index contributed by atoms with van der Waals surface area (Å²) in [6.45, 7) is 0. The zero-order valence-electron chi connectivity index (χ0n) is 9.01. The summed E-state index contributed by atoms with van der Waals surface area (Å²) >= 11 is 0. The predicted molar refractivity (Wildman–Crippen MR) is 69.3 cm³/mol. The molecule has 0 aliphatic rings. The summed E-state index contributed by atoms with van der Waals surface area (Å²) in [6, 6.07) is 20.2. The molecule has 0 radical (unpaired) electrons. The van der Waals surface area contributed by atoms with Crippen LogP contribution in [0.5, 0.6) is 0 Å². The average molecular weight is 208 g/mol. The molecular formula is C14H13BO. The van der Waals surface area contributed by atoms with E-state index >= 15 is 0 Å². The molecule has 0 aliphatic carbocycles. The van der Waals surface area contributed by atoms with Gasteiger partial charge in [0.05, 0.1) is 0 Å². The first kappa shape index (κ1) is 10.7. The first-order chi connectivity index (χ1) is 7.92. The summed E-state index contributed by atoms with van der Waals surface area (Å²) in [5, 5.41) is 9.08. The van der Waals surface area contributed by atoms with Crippen LogP contribution < -0.4 is 0 Å². The van der Waals surface area contributed by atoms with Crippen LogP contribution in [0.3, 0.4) is 0 Å². The average Bonchev–Trinajstić information content (AvgIpc) is 2.38. The fourth-order valence-corrected chi connectivity index (χ4v) is 1.73. The highest BCUT2D eigenvalue weighted by atomic mass is 16.2. The minimum Gasteiger partial charge on any atom is -0.450 e. The molecule has 2 heteroatoms. The molecule has 0 unspecified atom stereocenters. The molecule has 0 amide bonds. The summed E-state index contributed by atoms with van der Waals surface area (Å²) in [5.74, 6) is 1.84. The highest BCUT2D eigenvalue weighted by Crippen LogP contribution is 2.22. The van der Waals surface area contributed by atoms with E-state index in [0.717, 1.165) is 16.7 Å². The van der Waals surface area contributed by atoms with Crippen molar-refractivity contribution in [3.8, 4) is 0 Å². The maximum absolute atomic E-state index is 9.08. The minimum absolute atomic E-state index is 0.0547. The molecule has 1 nitrogen and oxygen atoms in total.